The first-order chi connectivity index (χ1) is 9.42. The molecule has 20 heavy (non-hydrogen) atoms. The summed E-state index contributed by atoms with van der Waals surface area (Å²) >= 11 is 0. The summed E-state index contributed by atoms with van der Waals surface area (Å²) in [5.41, 5.74) is 6.74. The zero-order valence-corrected chi connectivity index (χ0v) is 12.1. The summed E-state index contributed by atoms with van der Waals surface area (Å²) in [6.45, 7) is 3.61. The van der Waals surface area contributed by atoms with Gasteiger partial charge in [0.25, 0.3) is 0 Å². The van der Waals surface area contributed by atoms with Crippen LogP contribution in [0.1, 0.15) is 22.9 Å². The number of rotatable bonds is 5. The van der Waals surface area contributed by atoms with E-state index in [0.717, 1.165) is 5.69 Å². The fourth-order valence-corrected chi connectivity index (χ4v) is 2.85. The van der Waals surface area contributed by atoms with Crippen LogP contribution in [0.4, 0.5) is 0 Å². The van der Waals surface area contributed by atoms with E-state index in [9.17, 15) is 8.42 Å². The Morgan fingerprint density at radius 3 is 2.60 bits per heavy atom. The van der Waals surface area contributed by atoms with Crippen molar-refractivity contribution in [2.45, 2.75) is 31.8 Å². The van der Waals surface area contributed by atoms with Gasteiger partial charge in [-0.3, -0.25) is 9.97 Å². The fourth-order valence-electron chi connectivity index (χ4n) is 1.65. The monoisotopic (exact) mass is 296 g/mol. The average molecular weight is 296 g/mol. The Kier molecular flexibility index (Phi) is 4.17. The molecule has 2 heterocycles. The third-order valence-electron chi connectivity index (χ3n) is 2.69. The van der Waals surface area contributed by atoms with Crippen molar-refractivity contribution in [2.24, 2.45) is 5.73 Å². The summed E-state index contributed by atoms with van der Waals surface area (Å²) in [4.78, 5) is 8.24. The molecule has 7 nitrogen and oxygen atoms in total. The number of hydrogen-bond donors (Lipinski definition) is 2. The highest BCUT2D eigenvalue weighted by Crippen LogP contribution is 2.19. The quantitative estimate of drug-likeness (QED) is 0.837. The first kappa shape index (κ1) is 14.6. The lowest BCUT2D eigenvalue weighted by molar-refractivity contribution is 0.478. The van der Waals surface area contributed by atoms with E-state index >= 15 is 0 Å². The van der Waals surface area contributed by atoms with E-state index in [0.29, 0.717) is 17.2 Å². The third kappa shape index (κ3) is 3.21. The predicted octanol–water partition coefficient (Wildman–Crippen LogP) is 0.624. The molecule has 0 unspecified atom stereocenters. The van der Waals surface area contributed by atoms with E-state index in [1.807, 2.05) is 6.92 Å². The predicted molar refractivity (Wildman–Crippen MR) is 72.1 cm³/mol. The summed E-state index contributed by atoms with van der Waals surface area (Å²) in [6, 6.07) is 1.43. The Hall–Kier alpha value is -1.77. The second-order valence-electron chi connectivity index (χ2n) is 4.31. The van der Waals surface area contributed by atoms with Crippen molar-refractivity contribution < 1.29 is 12.8 Å². The molecule has 8 heteroatoms. The standard InChI is InChI=1S/C12H16N4O3S/c1-8-5-15-10(6-14-8)7-16-20(17,18)12-3-11(4-13)19-9(12)2/h3,5-6,16H,4,7,13H2,1-2H3. The smallest absolute Gasteiger partial charge is 0.244 e. The van der Waals surface area contributed by atoms with Crippen LogP contribution in [0.25, 0.3) is 0 Å². The van der Waals surface area contributed by atoms with Gasteiger partial charge in [0.05, 0.1) is 30.7 Å². The average Bonchev–Trinajstić information content (AvgIpc) is 2.80. The highest BCUT2D eigenvalue weighted by molar-refractivity contribution is 7.89. The zero-order valence-electron chi connectivity index (χ0n) is 11.3. The summed E-state index contributed by atoms with van der Waals surface area (Å²) in [7, 11) is -3.66. The molecule has 0 saturated carbocycles. The molecule has 0 radical (unpaired) electrons. The van der Waals surface area contributed by atoms with Gasteiger partial charge in [0.15, 0.2) is 0 Å². The van der Waals surface area contributed by atoms with Crippen molar-refractivity contribution in [2.75, 3.05) is 0 Å². The molecular formula is C12H16N4O3S. The molecule has 2 aromatic heterocycles. The van der Waals surface area contributed by atoms with Crippen molar-refractivity contribution >= 4 is 10.0 Å². The maximum Gasteiger partial charge on any atom is 0.244 e. The molecule has 0 aliphatic heterocycles. The summed E-state index contributed by atoms with van der Waals surface area (Å²) in [6.07, 6.45) is 3.12. The van der Waals surface area contributed by atoms with Crippen LogP contribution in [0.3, 0.4) is 0 Å². The van der Waals surface area contributed by atoms with Crippen molar-refractivity contribution in [1.82, 2.24) is 14.7 Å². The van der Waals surface area contributed by atoms with Gasteiger partial charge in [-0.15, -0.1) is 0 Å². The van der Waals surface area contributed by atoms with Gasteiger partial charge in [0.1, 0.15) is 16.4 Å². The molecule has 2 rings (SSSR count). The molecule has 108 valence electrons. The number of aromatic nitrogens is 2. The number of nitrogens with two attached hydrogens (primary N) is 1. The molecule has 0 spiro atoms. The lowest BCUT2D eigenvalue weighted by Crippen LogP contribution is -2.24. The van der Waals surface area contributed by atoms with Crippen LogP contribution >= 0.6 is 0 Å². The van der Waals surface area contributed by atoms with Crippen LogP contribution in [-0.2, 0) is 23.1 Å². The minimum Gasteiger partial charge on any atom is -0.464 e. The van der Waals surface area contributed by atoms with Crippen molar-refractivity contribution in [3.05, 3.63) is 41.4 Å². The number of aryl methyl sites for hydroxylation is 2. The van der Waals surface area contributed by atoms with Crippen molar-refractivity contribution in [1.29, 1.82) is 0 Å². The molecule has 0 atom stereocenters. The number of sulfonamides is 1. The first-order valence-corrected chi connectivity index (χ1v) is 7.47. The Bertz CT molecular complexity index is 692. The summed E-state index contributed by atoms with van der Waals surface area (Å²) < 4.78 is 32.0. The molecule has 0 amide bonds. The molecule has 3 N–H and O–H groups in total. The van der Waals surface area contributed by atoms with Gasteiger partial charge >= 0.3 is 0 Å². The van der Waals surface area contributed by atoms with Crippen molar-refractivity contribution in [3.8, 4) is 0 Å². The van der Waals surface area contributed by atoms with Gasteiger partial charge in [0.2, 0.25) is 10.0 Å². The molecule has 2 aromatic rings. The molecule has 0 aliphatic carbocycles. The summed E-state index contributed by atoms with van der Waals surface area (Å²) in [5.74, 6) is 0.742. The normalized spacial score (nSPS) is 11.8. The number of furan rings is 1. The van der Waals surface area contributed by atoms with Crippen LogP contribution in [-0.4, -0.2) is 18.4 Å². The SMILES string of the molecule is Cc1cnc(CNS(=O)(=O)c2cc(CN)oc2C)cn1. The van der Waals surface area contributed by atoms with E-state index in [2.05, 4.69) is 14.7 Å². The minimum atomic E-state index is -3.66. The molecule has 0 aliphatic rings. The van der Waals surface area contributed by atoms with Gasteiger partial charge in [-0.25, -0.2) is 13.1 Å². The van der Waals surface area contributed by atoms with E-state index in [4.69, 9.17) is 10.2 Å². The largest absolute Gasteiger partial charge is 0.464 e. The minimum absolute atomic E-state index is 0.0677. The highest BCUT2D eigenvalue weighted by Gasteiger charge is 2.21. The van der Waals surface area contributed by atoms with Crippen LogP contribution in [0.5, 0.6) is 0 Å². The first-order valence-electron chi connectivity index (χ1n) is 5.99. The van der Waals surface area contributed by atoms with Gasteiger partial charge in [-0.05, 0) is 13.8 Å². The maximum absolute atomic E-state index is 12.2. The zero-order chi connectivity index (χ0) is 14.8. The van der Waals surface area contributed by atoms with E-state index < -0.39 is 10.0 Å². The Balaban J connectivity index is 2.14. The summed E-state index contributed by atoms with van der Waals surface area (Å²) in [5, 5.41) is 0. The van der Waals surface area contributed by atoms with Gasteiger partial charge in [0, 0.05) is 12.3 Å². The van der Waals surface area contributed by atoms with E-state index in [1.165, 1.54) is 12.3 Å². The second-order valence-corrected chi connectivity index (χ2v) is 6.05. The molecule has 0 fully saturated rings. The third-order valence-corrected chi connectivity index (χ3v) is 4.20. The van der Waals surface area contributed by atoms with Gasteiger partial charge in [-0.1, -0.05) is 0 Å². The van der Waals surface area contributed by atoms with Gasteiger partial charge < -0.3 is 10.2 Å². The van der Waals surface area contributed by atoms with Crippen LogP contribution in [0.2, 0.25) is 0 Å². The van der Waals surface area contributed by atoms with Crippen molar-refractivity contribution in [3.63, 3.8) is 0 Å². The van der Waals surface area contributed by atoms with Crippen LogP contribution in [0.15, 0.2) is 27.8 Å². The topological polar surface area (TPSA) is 111 Å². The number of hydrogen-bond acceptors (Lipinski definition) is 6. The molecule has 0 saturated heterocycles. The van der Waals surface area contributed by atoms with Crippen LogP contribution < -0.4 is 10.5 Å². The Morgan fingerprint density at radius 2 is 2.05 bits per heavy atom. The molecule has 0 bridgehead atoms. The molecule has 0 aromatic carbocycles. The highest BCUT2D eigenvalue weighted by atomic mass is 32.2. The molecular weight excluding hydrogens is 280 g/mol. The lowest BCUT2D eigenvalue weighted by Gasteiger charge is -2.05. The Labute approximate surface area is 117 Å². The maximum atomic E-state index is 12.2. The van der Waals surface area contributed by atoms with E-state index in [-0.39, 0.29) is 18.0 Å². The fraction of sp³-hybridized carbons (Fsp3) is 0.333. The second kappa shape index (κ2) is 5.70. The number of nitrogens with one attached hydrogen (secondary N) is 1. The van der Waals surface area contributed by atoms with Crippen LogP contribution in [0, 0.1) is 13.8 Å². The Morgan fingerprint density at radius 1 is 1.30 bits per heavy atom. The van der Waals surface area contributed by atoms with Gasteiger partial charge in [-0.2, -0.15) is 0 Å². The van der Waals surface area contributed by atoms with E-state index in [1.54, 1.807) is 13.1 Å². The number of nitrogens with zero attached hydrogens (tertiary/aromatic N) is 2. The lowest BCUT2D eigenvalue weighted by atomic mass is 10.4.